The molecule has 2 aliphatic rings. The molecule has 0 radical (unpaired) electrons. The second kappa shape index (κ2) is 4.65. The number of aliphatic hydroxyl groups excluding tert-OH is 1. The van der Waals surface area contributed by atoms with Crippen LogP contribution in [0.25, 0.3) is 0 Å². The van der Waals surface area contributed by atoms with Crippen LogP contribution in [-0.2, 0) is 0 Å². The van der Waals surface area contributed by atoms with E-state index in [2.05, 4.69) is 4.90 Å². The van der Waals surface area contributed by atoms with Gasteiger partial charge in [-0.05, 0) is 37.8 Å². The summed E-state index contributed by atoms with van der Waals surface area (Å²) in [7, 11) is 0. The largest absolute Gasteiger partial charge is 0.393 e. The zero-order valence-corrected chi connectivity index (χ0v) is 11.1. The molecule has 19 heavy (non-hydrogen) atoms. The van der Waals surface area contributed by atoms with Crippen molar-refractivity contribution in [2.24, 2.45) is 0 Å². The maximum atomic E-state index is 11.2. The van der Waals surface area contributed by atoms with Gasteiger partial charge >= 0.3 is 5.69 Å². The normalized spacial score (nSPS) is 29.6. The highest BCUT2D eigenvalue weighted by Gasteiger charge is 2.42. The number of nitro groups is 1. The molecule has 102 valence electrons. The molecular weight excluding hydrogens is 268 g/mol. The van der Waals surface area contributed by atoms with Gasteiger partial charge in [0.25, 0.3) is 0 Å². The van der Waals surface area contributed by atoms with Gasteiger partial charge in [0, 0.05) is 12.1 Å². The number of halogens is 1. The highest BCUT2D eigenvalue weighted by Crippen LogP contribution is 2.44. The number of rotatable bonds is 2. The Hall–Kier alpha value is -1.33. The summed E-state index contributed by atoms with van der Waals surface area (Å²) >= 11 is 5.97. The van der Waals surface area contributed by atoms with Crippen molar-refractivity contribution in [2.45, 2.75) is 43.9 Å². The van der Waals surface area contributed by atoms with Crippen LogP contribution < -0.4 is 4.90 Å². The number of nitro benzene ring substituents is 1. The molecule has 2 saturated heterocycles. The van der Waals surface area contributed by atoms with Crippen LogP contribution in [0.4, 0.5) is 11.4 Å². The van der Waals surface area contributed by atoms with E-state index in [9.17, 15) is 15.2 Å². The SMILES string of the molecule is O=[N+]([O-])c1c(Cl)cccc1N1C2CCC1CC(O)C2. The molecule has 2 aliphatic heterocycles. The summed E-state index contributed by atoms with van der Waals surface area (Å²) in [5.74, 6) is 0. The highest BCUT2D eigenvalue weighted by atomic mass is 35.5. The van der Waals surface area contributed by atoms with Crippen LogP contribution >= 0.6 is 11.6 Å². The van der Waals surface area contributed by atoms with Crippen molar-refractivity contribution in [1.82, 2.24) is 0 Å². The fourth-order valence-electron chi connectivity index (χ4n) is 3.43. The average molecular weight is 283 g/mol. The molecule has 0 aromatic heterocycles. The molecule has 1 N–H and O–H groups in total. The van der Waals surface area contributed by atoms with Gasteiger partial charge in [0.1, 0.15) is 10.7 Å². The van der Waals surface area contributed by atoms with Gasteiger partial charge < -0.3 is 10.0 Å². The zero-order valence-electron chi connectivity index (χ0n) is 10.3. The lowest BCUT2D eigenvalue weighted by Gasteiger charge is -2.38. The van der Waals surface area contributed by atoms with E-state index in [4.69, 9.17) is 11.6 Å². The summed E-state index contributed by atoms with van der Waals surface area (Å²) in [4.78, 5) is 12.9. The maximum absolute atomic E-state index is 11.2. The van der Waals surface area contributed by atoms with E-state index in [1.54, 1.807) is 18.2 Å². The van der Waals surface area contributed by atoms with Gasteiger partial charge in [-0.25, -0.2) is 0 Å². The second-order valence-corrected chi connectivity index (χ2v) is 5.69. The number of nitrogens with zero attached hydrogens (tertiary/aromatic N) is 2. The molecular formula is C13H15ClN2O3. The van der Waals surface area contributed by atoms with Crippen LogP contribution in [0.3, 0.4) is 0 Å². The Kier molecular flexibility index (Phi) is 3.11. The first-order valence-electron chi connectivity index (χ1n) is 6.47. The van der Waals surface area contributed by atoms with Gasteiger partial charge in [0.2, 0.25) is 0 Å². The van der Waals surface area contributed by atoms with E-state index in [1.165, 1.54) is 0 Å². The molecule has 1 aromatic rings. The number of piperidine rings is 1. The summed E-state index contributed by atoms with van der Waals surface area (Å²) in [6.07, 6.45) is 3.03. The molecule has 2 atom stereocenters. The minimum Gasteiger partial charge on any atom is -0.393 e. The van der Waals surface area contributed by atoms with Crippen LogP contribution in [0.5, 0.6) is 0 Å². The number of aliphatic hydroxyl groups is 1. The van der Waals surface area contributed by atoms with Gasteiger partial charge in [0.15, 0.2) is 0 Å². The molecule has 2 fully saturated rings. The molecule has 2 unspecified atom stereocenters. The first kappa shape index (κ1) is 12.7. The minimum absolute atomic E-state index is 0.0162. The van der Waals surface area contributed by atoms with Crippen LogP contribution in [0, 0.1) is 10.1 Å². The molecule has 0 amide bonds. The lowest BCUT2D eigenvalue weighted by atomic mass is 9.98. The van der Waals surface area contributed by atoms with Crippen molar-refractivity contribution in [1.29, 1.82) is 0 Å². The van der Waals surface area contributed by atoms with Gasteiger partial charge in [-0.3, -0.25) is 10.1 Å². The standard InChI is InChI=1S/C13H15ClN2O3/c14-11-2-1-3-12(13(11)16(18)19)15-8-4-5-9(15)7-10(17)6-8/h1-3,8-10,17H,4-7H2. The van der Waals surface area contributed by atoms with Crippen molar-refractivity contribution in [3.63, 3.8) is 0 Å². The number of anilines is 1. The van der Waals surface area contributed by atoms with Gasteiger partial charge in [-0.1, -0.05) is 17.7 Å². The van der Waals surface area contributed by atoms with E-state index in [1.807, 2.05) is 0 Å². The van der Waals surface area contributed by atoms with Gasteiger partial charge in [-0.2, -0.15) is 0 Å². The Labute approximate surface area is 115 Å². The fourth-order valence-corrected chi connectivity index (χ4v) is 3.67. The molecule has 1 aromatic carbocycles. The second-order valence-electron chi connectivity index (χ2n) is 5.28. The minimum atomic E-state index is -0.415. The fraction of sp³-hybridized carbons (Fsp3) is 0.538. The molecule has 6 heteroatoms. The predicted molar refractivity (Wildman–Crippen MR) is 72.6 cm³/mol. The van der Waals surface area contributed by atoms with E-state index >= 15 is 0 Å². The van der Waals surface area contributed by atoms with Crippen LogP contribution in [-0.4, -0.2) is 28.2 Å². The number of hydrogen-bond donors (Lipinski definition) is 1. The summed E-state index contributed by atoms with van der Waals surface area (Å²) in [5, 5.41) is 21.2. The van der Waals surface area contributed by atoms with Crippen molar-refractivity contribution in [2.75, 3.05) is 4.90 Å². The third kappa shape index (κ3) is 2.07. The molecule has 0 spiro atoms. The third-order valence-electron chi connectivity index (χ3n) is 4.13. The van der Waals surface area contributed by atoms with Crippen LogP contribution in [0.2, 0.25) is 5.02 Å². The Bertz CT molecular complexity index is 509. The van der Waals surface area contributed by atoms with Crippen molar-refractivity contribution >= 4 is 23.0 Å². The first-order chi connectivity index (χ1) is 9.08. The number of fused-ring (bicyclic) bond motifs is 2. The summed E-state index contributed by atoms with van der Waals surface area (Å²) < 4.78 is 0. The summed E-state index contributed by atoms with van der Waals surface area (Å²) in [5.41, 5.74) is 0.578. The van der Waals surface area contributed by atoms with Crippen molar-refractivity contribution < 1.29 is 10.0 Å². The van der Waals surface area contributed by atoms with Crippen molar-refractivity contribution in [3.05, 3.63) is 33.3 Å². The maximum Gasteiger partial charge on any atom is 0.310 e. The Morgan fingerprint density at radius 3 is 2.53 bits per heavy atom. The van der Waals surface area contributed by atoms with Crippen LogP contribution in [0.15, 0.2) is 18.2 Å². The molecule has 2 bridgehead atoms. The first-order valence-corrected chi connectivity index (χ1v) is 6.85. The summed E-state index contributed by atoms with van der Waals surface area (Å²) in [6, 6.07) is 5.42. The monoisotopic (exact) mass is 282 g/mol. The van der Waals surface area contributed by atoms with Crippen LogP contribution in [0.1, 0.15) is 25.7 Å². The average Bonchev–Trinajstić information content (AvgIpc) is 2.60. The molecule has 5 nitrogen and oxygen atoms in total. The molecule has 0 aliphatic carbocycles. The van der Waals surface area contributed by atoms with E-state index in [-0.39, 0.29) is 28.9 Å². The number of para-hydroxylation sites is 1. The molecule has 3 rings (SSSR count). The van der Waals surface area contributed by atoms with E-state index in [0.717, 1.165) is 12.8 Å². The van der Waals surface area contributed by atoms with E-state index in [0.29, 0.717) is 18.5 Å². The Balaban J connectivity index is 2.04. The van der Waals surface area contributed by atoms with Crippen molar-refractivity contribution in [3.8, 4) is 0 Å². The Morgan fingerprint density at radius 2 is 1.95 bits per heavy atom. The smallest absolute Gasteiger partial charge is 0.310 e. The number of benzene rings is 1. The van der Waals surface area contributed by atoms with Gasteiger partial charge in [0.05, 0.1) is 11.0 Å². The predicted octanol–water partition coefficient (Wildman–Crippen LogP) is 2.74. The zero-order chi connectivity index (χ0) is 13.6. The van der Waals surface area contributed by atoms with Gasteiger partial charge in [-0.15, -0.1) is 0 Å². The van der Waals surface area contributed by atoms with E-state index < -0.39 is 4.92 Å². The number of hydrogen-bond acceptors (Lipinski definition) is 4. The third-order valence-corrected chi connectivity index (χ3v) is 4.44. The molecule has 2 heterocycles. The Morgan fingerprint density at radius 1 is 1.32 bits per heavy atom. The lowest BCUT2D eigenvalue weighted by molar-refractivity contribution is -0.384. The lowest BCUT2D eigenvalue weighted by Crippen LogP contribution is -2.45. The summed E-state index contributed by atoms with van der Waals surface area (Å²) in [6.45, 7) is 0. The topological polar surface area (TPSA) is 66.6 Å². The quantitative estimate of drug-likeness (QED) is 0.669. The molecule has 0 saturated carbocycles. The highest BCUT2D eigenvalue weighted by molar-refractivity contribution is 6.33.